The van der Waals surface area contributed by atoms with Crippen LogP contribution in [0.3, 0.4) is 0 Å². The van der Waals surface area contributed by atoms with E-state index in [0.29, 0.717) is 22.7 Å². The van der Waals surface area contributed by atoms with E-state index >= 15 is 0 Å². The molecule has 0 atom stereocenters. The molecule has 7 heteroatoms. The quantitative estimate of drug-likeness (QED) is 0.470. The van der Waals surface area contributed by atoms with Gasteiger partial charge < -0.3 is 14.5 Å². The summed E-state index contributed by atoms with van der Waals surface area (Å²) in [4.78, 5) is 33.2. The van der Waals surface area contributed by atoms with Gasteiger partial charge in [0.25, 0.3) is 11.8 Å². The molecule has 0 radical (unpaired) electrons. The summed E-state index contributed by atoms with van der Waals surface area (Å²) in [5.74, 6) is -0.0979. The van der Waals surface area contributed by atoms with Crippen molar-refractivity contribution in [1.29, 1.82) is 0 Å². The molecule has 3 rings (SSSR count). The van der Waals surface area contributed by atoms with Crippen LogP contribution >= 0.6 is 11.3 Å². The van der Waals surface area contributed by atoms with Crippen LogP contribution in [0.5, 0.6) is 0 Å². The summed E-state index contributed by atoms with van der Waals surface area (Å²) in [5.41, 5.74) is 1.23. The highest BCUT2D eigenvalue weighted by Crippen LogP contribution is 2.24. The average molecular weight is 458 g/mol. The van der Waals surface area contributed by atoms with Gasteiger partial charge in [0.05, 0.1) is 29.3 Å². The Bertz CT molecular complexity index is 850. The van der Waals surface area contributed by atoms with Crippen molar-refractivity contribution in [1.82, 2.24) is 9.80 Å². The number of carbonyl (C=O) groups excluding carboxylic acids is 2. The van der Waals surface area contributed by atoms with Gasteiger partial charge in [-0.3, -0.25) is 14.5 Å². The van der Waals surface area contributed by atoms with Crippen LogP contribution in [0.2, 0.25) is 0 Å². The lowest BCUT2D eigenvalue weighted by molar-refractivity contribution is 0.0324. The van der Waals surface area contributed by atoms with E-state index in [1.54, 1.807) is 11.9 Å². The van der Waals surface area contributed by atoms with E-state index in [4.69, 9.17) is 4.74 Å². The predicted molar refractivity (Wildman–Crippen MR) is 131 cm³/mol. The summed E-state index contributed by atoms with van der Waals surface area (Å²) >= 11 is 1.41. The van der Waals surface area contributed by atoms with Crippen LogP contribution in [-0.4, -0.2) is 74.6 Å². The summed E-state index contributed by atoms with van der Waals surface area (Å²) in [5, 5.41) is 1.89. The number of benzene rings is 1. The van der Waals surface area contributed by atoms with Crippen molar-refractivity contribution in [3.05, 3.63) is 52.2 Å². The summed E-state index contributed by atoms with van der Waals surface area (Å²) in [7, 11) is 1.74. The van der Waals surface area contributed by atoms with Crippen molar-refractivity contribution in [3.8, 4) is 0 Å². The molecule has 32 heavy (non-hydrogen) atoms. The third-order valence-corrected chi connectivity index (χ3v) is 6.75. The fourth-order valence-corrected chi connectivity index (χ4v) is 4.62. The van der Waals surface area contributed by atoms with Crippen LogP contribution in [0.1, 0.15) is 52.6 Å². The maximum Gasteiger partial charge on any atom is 0.268 e. The predicted octanol–water partition coefficient (Wildman–Crippen LogP) is 4.38. The Labute approximate surface area is 195 Å². The standard InChI is InChI=1S/C25H35N3O3S/c1-3-4-5-8-13-28(15-14-27-16-18-31-19-17-27)24(29)21-10-6-7-11-22(21)26(2)25(30)23-12-9-20-32-23/h6-7,9-12,20H,3-5,8,13-19H2,1-2H3. The van der Waals surface area contributed by atoms with E-state index in [-0.39, 0.29) is 11.8 Å². The minimum Gasteiger partial charge on any atom is -0.379 e. The zero-order chi connectivity index (χ0) is 22.8. The van der Waals surface area contributed by atoms with Gasteiger partial charge >= 0.3 is 0 Å². The average Bonchev–Trinajstić information content (AvgIpc) is 3.38. The van der Waals surface area contributed by atoms with Gasteiger partial charge in [-0.15, -0.1) is 11.3 Å². The number of thiophene rings is 1. The van der Waals surface area contributed by atoms with Gasteiger partial charge in [0.2, 0.25) is 0 Å². The number of nitrogens with zero attached hydrogens (tertiary/aromatic N) is 3. The SMILES string of the molecule is CCCCCCN(CCN1CCOCC1)C(=O)c1ccccc1N(C)C(=O)c1cccs1. The molecule has 0 saturated carbocycles. The number of hydrogen-bond donors (Lipinski definition) is 0. The largest absolute Gasteiger partial charge is 0.379 e. The molecule has 2 aromatic rings. The van der Waals surface area contributed by atoms with E-state index in [1.165, 1.54) is 24.2 Å². The Balaban J connectivity index is 1.75. The lowest BCUT2D eigenvalue weighted by Crippen LogP contribution is -2.43. The second-order valence-electron chi connectivity index (χ2n) is 8.17. The van der Waals surface area contributed by atoms with Gasteiger partial charge in [-0.1, -0.05) is 44.4 Å². The maximum atomic E-state index is 13.7. The highest BCUT2D eigenvalue weighted by atomic mass is 32.1. The van der Waals surface area contributed by atoms with Crippen LogP contribution in [0, 0.1) is 0 Å². The van der Waals surface area contributed by atoms with E-state index in [0.717, 1.165) is 52.2 Å². The van der Waals surface area contributed by atoms with Crippen LogP contribution in [0.15, 0.2) is 41.8 Å². The lowest BCUT2D eigenvalue weighted by atomic mass is 10.1. The number of morpholine rings is 1. The summed E-state index contributed by atoms with van der Waals surface area (Å²) in [6.45, 7) is 7.78. The smallest absolute Gasteiger partial charge is 0.268 e. The normalized spacial score (nSPS) is 14.3. The first-order valence-corrected chi connectivity index (χ1v) is 12.5. The van der Waals surface area contributed by atoms with Gasteiger partial charge in [-0.05, 0) is 30.0 Å². The van der Waals surface area contributed by atoms with Crippen molar-refractivity contribution in [3.63, 3.8) is 0 Å². The van der Waals surface area contributed by atoms with E-state index in [2.05, 4.69) is 11.8 Å². The molecule has 0 spiro atoms. The fourth-order valence-electron chi connectivity index (χ4n) is 3.92. The highest BCUT2D eigenvalue weighted by molar-refractivity contribution is 7.12. The van der Waals surface area contributed by atoms with Crippen LogP contribution in [0.4, 0.5) is 5.69 Å². The zero-order valence-corrected chi connectivity index (χ0v) is 20.1. The minimum atomic E-state index is -0.0944. The molecule has 0 N–H and O–H groups in total. The molecule has 2 amide bonds. The Hall–Kier alpha value is -2.22. The number of anilines is 1. The number of carbonyl (C=O) groups is 2. The molecule has 0 aliphatic carbocycles. The van der Waals surface area contributed by atoms with Crippen molar-refractivity contribution in [2.45, 2.75) is 32.6 Å². The van der Waals surface area contributed by atoms with E-state index in [1.807, 2.05) is 46.7 Å². The Morgan fingerprint density at radius 2 is 1.78 bits per heavy atom. The van der Waals surface area contributed by atoms with E-state index in [9.17, 15) is 9.59 Å². The topological polar surface area (TPSA) is 53.1 Å². The first-order chi connectivity index (χ1) is 15.6. The number of para-hydroxylation sites is 1. The van der Waals surface area contributed by atoms with Crippen molar-refractivity contribution in [2.75, 3.05) is 57.9 Å². The number of rotatable bonds is 11. The molecular weight excluding hydrogens is 422 g/mol. The van der Waals surface area contributed by atoms with E-state index < -0.39 is 0 Å². The van der Waals surface area contributed by atoms with Gasteiger partial charge in [-0.2, -0.15) is 0 Å². The second-order valence-corrected chi connectivity index (χ2v) is 9.11. The van der Waals surface area contributed by atoms with Crippen molar-refractivity contribution < 1.29 is 14.3 Å². The molecule has 6 nitrogen and oxygen atoms in total. The number of unbranched alkanes of at least 4 members (excludes halogenated alkanes) is 3. The summed E-state index contributed by atoms with van der Waals surface area (Å²) < 4.78 is 5.45. The van der Waals surface area contributed by atoms with Crippen LogP contribution in [-0.2, 0) is 4.74 Å². The first kappa shape index (κ1) is 24.4. The Morgan fingerprint density at radius 1 is 1.00 bits per heavy atom. The second kappa shape index (κ2) is 12.7. The molecule has 0 unspecified atom stereocenters. The van der Waals surface area contributed by atoms with Gasteiger partial charge in [-0.25, -0.2) is 0 Å². The molecule has 1 aliphatic rings. The van der Waals surface area contributed by atoms with Crippen molar-refractivity contribution >= 4 is 28.8 Å². The third-order valence-electron chi connectivity index (χ3n) is 5.89. The molecule has 174 valence electrons. The fraction of sp³-hybridized carbons (Fsp3) is 0.520. The Morgan fingerprint density at radius 3 is 2.50 bits per heavy atom. The zero-order valence-electron chi connectivity index (χ0n) is 19.3. The summed E-state index contributed by atoms with van der Waals surface area (Å²) in [6, 6.07) is 11.1. The molecule has 0 bridgehead atoms. The number of amides is 2. The van der Waals surface area contributed by atoms with Gasteiger partial charge in [0.1, 0.15) is 0 Å². The molecule has 1 aromatic carbocycles. The van der Waals surface area contributed by atoms with Crippen LogP contribution < -0.4 is 4.90 Å². The first-order valence-electron chi connectivity index (χ1n) is 11.6. The van der Waals surface area contributed by atoms with Gasteiger partial charge in [0, 0.05) is 39.8 Å². The molecule has 1 fully saturated rings. The third kappa shape index (κ3) is 6.64. The maximum absolute atomic E-state index is 13.7. The summed E-state index contributed by atoms with van der Waals surface area (Å²) in [6.07, 6.45) is 4.46. The number of hydrogen-bond acceptors (Lipinski definition) is 5. The van der Waals surface area contributed by atoms with Crippen molar-refractivity contribution in [2.24, 2.45) is 0 Å². The minimum absolute atomic E-state index is 0.00353. The molecule has 1 aliphatic heterocycles. The molecule has 1 saturated heterocycles. The highest BCUT2D eigenvalue weighted by Gasteiger charge is 2.24. The Kier molecular flexibility index (Phi) is 9.71. The lowest BCUT2D eigenvalue weighted by Gasteiger charge is -2.31. The van der Waals surface area contributed by atoms with Crippen LogP contribution in [0.25, 0.3) is 0 Å². The molecule has 1 aromatic heterocycles. The molecular formula is C25H35N3O3S. The molecule has 2 heterocycles. The van der Waals surface area contributed by atoms with Gasteiger partial charge in [0.15, 0.2) is 0 Å². The monoisotopic (exact) mass is 457 g/mol. The number of ether oxygens (including phenoxy) is 1.